The van der Waals surface area contributed by atoms with Crippen molar-refractivity contribution in [2.45, 2.75) is 38.2 Å². The van der Waals surface area contributed by atoms with Gasteiger partial charge in [0.05, 0.1) is 6.10 Å². The van der Waals surface area contributed by atoms with Gasteiger partial charge in [0.1, 0.15) is 18.1 Å². The number of aromatic hydroxyl groups is 2. The van der Waals surface area contributed by atoms with Gasteiger partial charge in [-0.1, -0.05) is 36.3 Å². The van der Waals surface area contributed by atoms with E-state index < -0.39 is 6.10 Å². The number of aryl methyl sites for hydroxylation is 1. The number of benzene rings is 2. The Labute approximate surface area is 173 Å². The second-order valence-corrected chi connectivity index (χ2v) is 6.96. The van der Waals surface area contributed by atoms with Crippen LogP contribution in [0.25, 0.3) is 0 Å². The van der Waals surface area contributed by atoms with Crippen LogP contribution in [0.2, 0.25) is 0 Å². The lowest BCUT2D eigenvalue weighted by Gasteiger charge is -2.12. The summed E-state index contributed by atoms with van der Waals surface area (Å²) in [6, 6.07) is 14.6. The van der Waals surface area contributed by atoms with Gasteiger partial charge >= 0.3 is 0 Å². The van der Waals surface area contributed by atoms with Crippen molar-refractivity contribution < 1.29 is 20.1 Å². The van der Waals surface area contributed by atoms with E-state index in [-0.39, 0.29) is 11.5 Å². The van der Waals surface area contributed by atoms with Gasteiger partial charge in [-0.2, -0.15) is 0 Å². The fraction of sp³-hybridized carbons (Fsp3) is 0.417. The molecule has 0 saturated carbocycles. The van der Waals surface area contributed by atoms with Gasteiger partial charge in [0, 0.05) is 25.6 Å². The van der Waals surface area contributed by atoms with Crippen LogP contribution in [0, 0.1) is 11.8 Å². The zero-order chi connectivity index (χ0) is 20.7. The number of phenols is 2. The molecule has 2 aromatic rings. The quantitative estimate of drug-likeness (QED) is 0.325. The lowest BCUT2D eigenvalue weighted by Crippen LogP contribution is -2.22. The Bertz CT molecular complexity index is 747. The van der Waals surface area contributed by atoms with E-state index in [9.17, 15) is 15.3 Å². The molecule has 4 N–H and O–H groups in total. The van der Waals surface area contributed by atoms with Crippen LogP contribution in [0.1, 0.15) is 42.9 Å². The van der Waals surface area contributed by atoms with Crippen LogP contribution in [0.15, 0.2) is 48.5 Å². The van der Waals surface area contributed by atoms with Crippen molar-refractivity contribution >= 4 is 0 Å². The summed E-state index contributed by atoms with van der Waals surface area (Å²) < 4.78 is 5.54. The van der Waals surface area contributed by atoms with Gasteiger partial charge in [-0.15, -0.1) is 5.92 Å². The first-order valence-electron chi connectivity index (χ1n) is 10.1. The topological polar surface area (TPSA) is 82.0 Å². The fourth-order valence-electron chi connectivity index (χ4n) is 2.91. The smallest absolute Gasteiger partial charge is 0.119 e. The molecule has 0 amide bonds. The maximum Gasteiger partial charge on any atom is 0.119 e. The fourth-order valence-corrected chi connectivity index (χ4v) is 2.91. The highest BCUT2D eigenvalue weighted by Crippen LogP contribution is 2.24. The van der Waals surface area contributed by atoms with Gasteiger partial charge in [-0.05, 0) is 55.5 Å². The van der Waals surface area contributed by atoms with E-state index in [1.165, 1.54) is 23.8 Å². The Hall–Kier alpha value is -2.52. The predicted molar refractivity (Wildman–Crippen MR) is 115 cm³/mol. The highest BCUT2D eigenvalue weighted by atomic mass is 16.5. The molecule has 0 fully saturated rings. The number of ether oxygens (including phenoxy) is 1. The maximum atomic E-state index is 10.1. The van der Waals surface area contributed by atoms with E-state index in [4.69, 9.17) is 4.74 Å². The summed E-state index contributed by atoms with van der Waals surface area (Å²) in [6.45, 7) is 2.29. The maximum absolute atomic E-state index is 10.1. The summed E-state index contributed by atoms with van der Waals surface area (Å²) in [5.74, 6) is 6.00. The van der Waals surface area contributed by atoms with E-state index in [0.29, 0.717) is 18.7 Å². The van der Waals surface area contributed by atoms with E-state index in [1.54, 1.807) is 0 Å². The Morgan fingerprint density at radius 3 is 2.45 bits per heavy atom. The minimum atomic E-state index is -0.783. The van der Waals surface area contributed by atoms with E-state index >= 15 is 0 Å². The molecule has 1 unspecified atom stereocenters. The number of aliphatic hydroxyl groups excluding tert-OH is 1. The Balaban J connectivity index is 1.43. The molecular formula is C24H31NO4. The number of unbranched alkanes of at least 4 members (excludes halogenated alkanes) is 2. The van der Waals surface area contributed by atoms with Crippen molar-refractivity contribution in [3.05, 3.63) is 59.7 Å². The number of phenolic OH excluding ortho intramolecular Hbond substituents is 2. The van der Waals surface area contributed by atoms with Crippen molar-refractivity contribution in [1.29, 1.82) is 0 Å². The monoisotopic (exact) mass is 397 g/mol. The van der Waals surface area contributed by atoms with Crippen LogP contribution in [-0.4, -0.2) is 41.6 Å². The zero-order valence-electron chi connectivity index (χ0n) is 16.8. The minimum absolute atomic E-state index is 0.0623. The average Bonchev–Trinajstić information content (AvgIpc) is 2.71. The van der Waals surface area contributed by atoms with Crippen molar-refractivity contribution in [2.75, 3.05) is 26.3 Å². The highest BCUT2D eigenvalue weighted by molar-refractivity contribution is 5.37. The first-order chi connectivity index (χ1) is 14.1. The molecule has 0 aromatic heterocycles. The van der Waals surface area contributed by atoms with Crippen LogP contribution in [0.4, 0.5) is 0 Å². The highest BCUT2D eigenvalue weighted by Gasteiger charge is 2.09. The Morgan fingerprint density at radius 2 is 1.69 bits per heavy atom. The van der Waals surface area contributed by atoms with Gasteiger partial charge < -0.3 is 25.4 Å². The van der Waals surface area contributed by atoms with Gasteiger partial charge in [-0.25, -0.2) is 0 Å². The summed E-state index contributed by atoms with van der Waals surface area (Å²) in [7, 11) is 0. The number of aliphatic hydroxyl groups is 1. The van der Waals surface area contributed by atoms with Crippen molar-refractivity contribution in [2.24, 2.45) is 0 Å². The minimum Gasteiger partial charge on any atom is -0.508 e. The summed E-state index contributed by atoms with van der Waals surface area (Å²) in [5.41, 5.74) is 1.85. The lowest BCUT2D eigenvalue weighted by molar-refractivity contribution is 0.162. The molecule has 0 radical (unpaired) electrons. The molecule has 2 aromatic carbocycles. The number of hydrogen-bond donors (Lipinski definition) is 4. The Morgan fingerprint density at radius 1 is 0.931 bits per heavy atom. The van der Waals surface area contributed by atoms with Gasteiger partial charge in [-0.3, -0.25) is 0 Å². The second-order valence-electron chi connectivity index (χ2n) is 6.96. The Kier molecular flexibility index (Phi) is 10.7. The van der Waals surface area contributed by atoms with Crippen LogP contribution in [0.3, 0.4) is 0 Å². The molecule has 5 nitrogen and oxygen atoms in total. The molecule has 29 heavy (non-hydrogen) atoms. The summed E-state index contributed by atoms with van der Waals surface area (Å²) in [6.07, 6.45) is 4.12. The lowest BCUT2D eigenvalue weighted by atomic mass is 10.1. The first kappa shape index (κ1) is 22.8. The molecule has 0 spiro atoms. The summed E-state index contributed by atoms with van der Waals surface area (Å²) in [5, 5.41) is 32.1. The molecule has 5 heteroatoms. The molecule has 0 aliphatic heterocycles. The molecule has 0 aliphatic carbocycles. The summed E-state index contributed by atoms with van der Waals surface area (Å²) >= 11 is 0. The van der Waals surface area contributed by atoms with Crippen molar-refractivity contribution in [3.63, 3.8) is 0 Å². The van der Waals surface area contributed by atoms with Gasteiger partial charge in [0.15, 0.2) is 0 Å². The van der Waals surface area contributed by atoms with E-state index in [2.05, 4.69) is 41.4 Å². The third-order valence-electron chi connectivity index (χ3n) is 4.45. The van der Waals surface area contributed by atoms with Crippen molar-refractivity contribution in [1.82, 2.24) is 5.32 Å². The average molecular weight is 398 g/mol. The first-order valence-corrected chi connectivity index (χ1v) is 10.1. The van der Waals surface area contributed by atoms with Crippen LogP contribution >= 0.6 is 0 Å². The third kappa shape index (κ3) is 10.00. The molecule has 156 valence electrons. The van der Waals surface area contributed by atoms with Gasteiger partial charge in [0.25, 0.3) is 0 Å². The SMILES string of the molecule is Oc1cc(O)cc(C(O)CNCCCC#CCOCCCCc2ccccc2)c1. The van der Waals surface area contributed by atoms with E-state index in [1.807, 2.05) is 6.07 Å². The van der Waals surface area contributed by atoms with Crippen molar-refractivity contribution in [3.8, 4) is 23.3 Å². The molecule has 0 heterocycles. The normalized spacial score (nSPS) is 11.6. The largest absolute Gasteiger partial charge is 0.508 e. The number of hydrogen-bond acceptors (Lipinski definition) is 5. The zero-order valence-corrected chi connectivity index (χ0v) is 16.8. The summed E-state index contributed by atoms with van der Waals surface area (Å²) in [4.78, 5) is 0. The third-order valence-corrected chi connectivity index (χ3v) is 4.45. The van der Waals surface area contributed by atoms with Crippen LogP contribution in [-0.2, 0) is 11.2 Å². The predicted octanol–water partition coefficient (Wildman–Crippen LogP) is 3.54. The molecule has 0 aliphatic rings. The molecule has 2 rings (SSSR count). The van der Waals surface area contributed by atoms with Gasteiger partial charge in [0.2, 0.25) is 0 Å². The van der Waals surface area contributed by atoms with Crippen LogP contribution < -0.4 is 5.32 Å². The molecular weight excluding hydrogens is 366 g/mol. The van der Waals surface area contributed by atoms with E-state index in [0.717, 1.165) is 45.3 Å². The molecule has 1 atom stereocenters. The molecule has 0 bridgehead atoms. The van der Waals surface area contributed by atoms with Crippen LogP contribution in [0.5, 0.6) is 11.5 Å². The number of nitrogens with one attached hydrogen (secondary N) is 1. The number of rotatable bonds is 12. The standard InChI is InChI=1S/C24H31NO4/c26-22-16-21(17-23(27)18-22)24(28)19-25-13-7-1-2-8-14-29-15-9-6-12-20-10-4-3-5-11-20/h3-5,10-11,16-18,24-28H,1,6-7,9,12-15,19H2. The molecule has 0 saturated heterocycles. The second kappa shape index (κ2) is 13.6.